The lowest BCUT2D eigenvalue weighted by Crippen LogP contribution is -2.53. The topological polar surface area (TPSA) is 86.8 Å². The SMILES string of the molecule is CCNC(=O)[C@H](Cc1ccccc1)N(Cc1c(Cl)cccc1Cl)C(=O)CN(c1ccc(Br)cc1)S(=O)(=O)c1ccccc1. The number of benzene rings is 4. The molecule has 0 fully saturated rings. The molecular weight excluding hydrogens is 673 g/mol. The van der Waals surface area contributed by atoms with Crippen LogP contribution in [0.3, 0.4) is 0 Å². The zero-order chi connectivity index (χ0) is 31.0. The lowest BCUT2D eigenvalue weighted by Gasteiger charge is -2.34. The number of hydrogen-bond acceptors (Lipinski definition) is 4. The molecule has 2 amide bonds. The van der Waals surface area contributed by atoms with Gasteiger partial charge in [0.05, 0.1) is 10.6 Å². The highest BCUT2D eigenvalue weighted by atomic mass is 79.9. The van der Waals surface area contributed by atoms with E-state index in [2.05, 4.69) is 21.2 Å². The molecule has 11 heteroatoms. The first-order valence-electron chi connectivity index (χ1n) is 13.5. The molecule has 43 heavy (non-hydrogen) atoms. The van der Waals surface area contributed by atoms with Gasteiger partial charge in [-0.15, -0.1) is 0 Å². The molecule has 1 atom stereocenters. The van der Waals surface area contributed by atoms with Crippen LogP contribution in [0.4, 0.5) is 5.69 Å². The van der Waals surface area contributed by atoms with Crippen LogP contribution in [0.1, 0.15) is 18.1 Å². The van der Waals surface area contributed by atoms with Gasteiger partial charge >= 0.3 is 0 Å². The minimum Gasteiger partial charge on any atom is -0.355 e. The molecule has 4 aromatic carbocycles. The van der Waals surface area contributed by atoms with Crippen molar-refractivity contribution in [2.75, 3.05) is 17.4 Å². The summed E-state index contributed by atoms with van der Waals surface area (Å²) in [5.74, 6) is -0.991. The van der Waals surface area contributed by atoms with Gasteiger partial charge in [-0.3, -0.25) is 13.9 Å². The van der Waals surface area contributed by atoms with E-state index in [4.69, 9.17) is 23.2 Å². The van der Waals surface area contributed by atoms with Gasteiger partial charge in [-0.1, -0.05) is 93.7 Å². The van der Waals surface area contributed by atoms with Crippen molar-refractivity contribution in [3.63, 3.8) is 0 Å². The molecular formula is C32H30BrCl2N3O4S. The highest BCUT2D eigenvalue weighted by Crippen LogP contribution is 2.29. The normalized spacial score (nSPS) is 11.9. The summed E-state index contributed by atoms with van der Waals surface area (Å²) in [5.41, 5.74) is 1.56. The van der Waals surface area contributed by atoms with Crippen LogP contribution in [0.5, 0.6) is 0 Å². The van der Waals surface area contributed by atoms with E-state index >= 15 is 0 Å². The number of carbonyl (C=O) groups is 2. The van der Waals surface area contributed by atoms with E-state index in [1.54, 1.807) is 67.6 Å². The van der Waals surface area contributed by atoms with Gasteiger partial charge in [-0.25, -0.2) is 8.42 Å². The Balaban J connectivity index is 1.82. The number of halogens is 3. The maximum Gasteiger partial charge on any atom is 0.264 e. The summed E-state index contributed by atoms with van der Waals surface area (Å²) in [6.45, 7) is 1.43. The summed E-state index contributed by atoms with van der Waals surface area (Å²) in [7, 11) is -4.18. The van der Waals surface area contributed by atoms with Crippen LogP contribution in [-0.2, 0) is 32.6 Å². The van der Waals surface area contributed by atoms with Crippen molar-refractivity contribution in [3.05, 3.63) is 129 Å². The number of rotatable bonds is 12. The Morgan fingerprint density at radius 3 is 2.00 bits per heavy atom. The molecule has 0 heterocycles. The fraction of sp³-hybridized carbons (Fsp3) is 0.188. The van der Waals surface area contributed by atoms with Crippen molar-refractivity contribution < 1.29 is 18.0 Å². The van der Waals surface area contributed by atoms with Crippen molar-refractivity contribution in [2.45, 2.75) is 30.8 Å². The molecule has 0 aromatic heterocycles. The summed E-state index contributed by atoms with van der Waals surface area (Å²) < 4.78 is 29.7. The third-order valence-corrected chi connectivity index (χ3v) is 9.76. The molecule has 0 saturated heterocycles. The maximum atomic E-state index is 14.4. The van der Waals surface area contributed by atoms with E-state index in [9.17, 15) is 18.0 Å². The summed E-state index contributed by atoms with van der Waals surface area (Å²) in [4.78, 5) is 29.3. The Bertz CT molecular complexity index is 1640. The largest absolute Gasteiger partial charge is 0.355 e. The molecule has 224 valence electrons. The molecule has 0 aliphatic rings. The Morgan fingerprint density at radius 2 is 1.42 bits per heavy atom. The van der Waals surface area contributed by atoms with Crippen LogP contribution >= 0.6 is 39.1 Å². The number of hydrogen-bond donors (Lipinski definition) is 1. The monoisotopic (exact) mass is 701 g/mol. The van der Waals surface area contributed by atoms with Gasteiger partial charge in [0.25, 0.3) is 10.0 Å². The van der Waals surface area contributed by atoms with Gasteiger partial charge in [0.1, 0.15) is 12.6 Å². The molecule has 0 spiro atoms. The molecule has 0 saturated carbocycles. The van der Waals surface area contributed by atoms with Crippen LogP contribution in [0.2, 0.25) is 10.0 Å². The lowest BCUT2D eigenvalue weighted by molar-refractivity contribution is -0.140. The average Bonchev–Trinajstić information content (AvgIpc) is 3.00. The number of nitrogens with zero attached hydrogens (tertiary/aromatic N) is 2. The third-order valence-electron chi connectivity index (χ3n) is 6.74. The first-order chi connectivity index (χ1) is 20.6. The van der Waals surface area contributed by atoms with E-state index in [0.29, 0.717) is 22.2 Å². The zero-order valence-corrected chi connectivity index (χ0v) is 27.2. The fourth-order valence-electron chi connectivity index (χ4n) is 4.56. The zero-order valence-electron chi connectivity index (χ0n) is 23.3. The van der Waals surface area contributed by atoms with Gasteiger partial charge in [-0.2, -0.15) is 0 Å². The summed E-state index contributed by atoms with van der Waals surface area (Å²) in [5, 5.41) is 3.47. The van der Waals surface area contributed by atoms with Gasteiger partial charge in [0.2, 0.25) is 11.8 Å². The van der Waals surface area contributed by atoms with Crippen LogP contribution in [0.15, 0.2) is 112 Å². The van der Waals surface area contributed by atoms with Crippen molar-refractivity contribution in [1.29, 1.82) is 0 Å². The highest BCUT2D eigenvalue weighted by molar-refractivity contribution is 9.10. The van der Waals surface area contributed by atoms with Gasteiger partial charge in [0.15, 0.2) is 0 Å². The summed E-state index contributed by atoms with van der Waals surface area (Å²) >= 11 is 16.4. The van der Waals surface area contributed by atoms with Crippen molar-refractivity contribution in [3.8, 4) is 0 Å². The predicted octanol–water partition coefficient (Wildman–Crippen LogP) is 6.73. The first-order valence-corrected chi connectivity index (χ1v) is 16.5. The Kier molecular flexibility index (Phi) is 11.3. The number of carbonyl (C=O) groups excluding carboxylic acids is 2. The van der Waals surface area contributed by atoms with E-state index in [1.165, 1.54) is 17.0 Å². The van der Waals surface area contributed by atoms with Crippen LogP contribution < -0.4 is 9.62 Å². The van der Waals surface area contributed by atoms with Crippen molar-refractivity contribution in [2.24, 2.45) is 0 Å². The molecule has 0 radical (unpaired) electrons. The lowest BCUT2D eigenvalue weighted by atomic mass is 10.0. The number of sulfonamides is 1. The summed E-state index contributed by atoms with van der Waals surface area (Å²) in [6.07, 6.45) is 0.185. The minimum absolute atomic E-state index is 0.0241. The van der Waals surface area contributed by atoms with Crippen LogP contribution in [0.25, 0.3) is 0 Å². The minimum atomic E-state index is -4.18. The molecule has 0 bridgehead atoms. The van der Waals surface area contributed by atoms with Gasteiger partial charge < -0.3 is 10.2 Å². The summed E-state index contributed by atoms with van der Waals surface area (Å²) in [6, 6.07) is 27.8. The maximum absolute atomic E-state index is 14.4. The average molecular weight is 703 g/mol. The van der Waals surface area contributed by atoms with Gasteiger partial charge in [-0.05, 0) is 61.0 Å². The van der Waals surface area contributed by atoms with E-state index in [1.807, 2.05) is 30.3 Å². The number of anilines is 1. The Hall–Kier alpha value is -3.37. The number of likely N-dealkylation sites (N-methyl/N-ethyl adjacent to an activating group) is 1. The molecule has 0 aliphatic carbocycles. The second kappa shape index (κ2) is 14.9. The molecule has 0 aliphatic heterocycles. The Labute approximate surface area is 270 Å². The molecule has 0 unspecified atom stereocenters. The quantitative estimate of drug-likeness (QED) is 0.178. The van der Waals surface area contributed by atoms with E-state index in [0.717, 1.165) is 14.3 Å². The second-order valence-electron chi connectivity index (χ2n) is 9.62. The fourth-order valence-corrected chi connectivity index (χ4v) is 6.77. The third kappa shape index (κ3) is 8.17. The number of nitrogens with one attached hydrogen (secondary N) is 1. The Morgan fingerprint density at radius 1 is 0.837 bits per heavy atom. The second-order valence-corrected chi connectivity index (χ2v) is 13.2. The van der Waals surface area contributed by atoms with E-state index in [-0.39, 0.29) is 29.5 Å². The van der Waals surface area contributed by atoms with E-state index < -0.39 is 28.5 Å². The van der Waals surface area contributed by atoms with Crippen LogP contribution in [-0.4, -0.2) is 44.3 Å². The first kappa shape index (κ1) is 32.5. The molecule has 1 N–H and O–H groups in total. The smallest absolute Gasteiger partial charge is 0.264 e. The highest BCUT2D eigenvalue weighted by Gasteiger charge is 2.35. The molecule has 4 rings (SSSR count). The van der Waals surface area contributed by atoms with Gasteiger partial charge in [0, 0.05) is 39.6 Å². The standard InChI is InChI=1S/C32H30BrCl2N3O4S/c1-2-36-32(40)30(20-23-10-5-3-6-11-23)37(21-27-28(34)14-9-15-29(27)35)31(39)22-38(25-18-16-24(33)17-19-25)43(41,42)26-12-7-4-8-13-26/h3-19,30H,2,20-22H2,1H3,(H,36,40)/t30-/m0/s1. The van der Waals surface area contributed by atoms with Crippen molar-refractivity contribution in [1.82, 2.24) is 10.2 Å². The van der Waals surface area contributed by atoms with Crippen molar-refractivity contribution >= 4 is 66.7 Å². The predicted molar refractivity (Wildman–Crippen MR) is 175 cm³/mol. The number of amides is 2. The van der Waals surface area contributed by atoms with Crippen LogP contribution in [0, 0.1) is 0 Å². The molecule has 4 aromatic rings. The molecule has 7 nitrogen and oxygen atoms in total.